The van der Waals surface area contributed by atoms with Gasteiger partial charge in [0, 0.05) is 37.1 Å². The van der Waals surface area contributed by atoms with E-state index in [1.165, 1.54) is 5.75 Å². The number of ether oxygens (including phenoxy) is 1. The van der Waals surface area contributed by atoms with Crippen LogP contribution in [-0.2, 0) is 11.3 Å². The van der Waals surface area contributed by atoms with Crippen LogP contribution in [0.4, 0.5) is 5.69 Å². The van der Waals surface area contributed by atoms with Gasteiger partial charge in [0.05, 0.1) is 10.5 Å². The van der Waals surface area contributed by atoms with Crippen LogP contribution >= 0.6 is 11.8 Å². The Morgan fingerprint density at radius 1 is 1.43 bits per heavy atom. The minimum Gasteiger partial charge on any atom is -0.374 e. The van der Waals surface area contributed by atoms with E-state index in [9.17, 15) is 10.1 Å². The minimum atomic E-state index is -0.364. The van der Waals surface area contributed by atoms with Gasteiger partial charge < -0.3 is 10.1 Å². The number of nitrogens with one attached hydrogen (secondary N) is 1. The summed E-state index contributed by atoms with van der Waals surface area (Å²) in [7, 11) is 0. The SMILES string of the molecule is O=[N+]([O-])c1ccc(CNC2CCOC3(CCSC3)C2)cc1. The van der Waals surface area contributed by atoms with E-state index in [4.69, 9.17) is 4.74 Å². The molecule has 1 aromatic carbocycles. The average molecular weight is 308 g/mol. The van der Waals surface area contributed by atoms with Gasteiger partial charge in [-0.2, -0.15) is 11.8 Å². The van der Waals surface area contributed by atoms with E-state index in [-0.39, 0.29) is 16.2 Å². The predicted molar refractivity (Wildman–Crippen MR) is 83.6 cm³/mol. The third-order valence-corrected chi connectivity index (χ3v) is 5.53. The maximum atomic E-state index is 10.6. The number of nitro groups is 1. The van der Waals surface area contributed by atoms with Gasteiger partial charge in [-0.1, -0.05) is 12.1 Å². The molecule has 2 unspecified atom stereocenters. The molecule has 2 aliphatic heterocycles. The molecule has 3 rings (SSSR count). The fourth-order valence-corrected chi connectivity index (χ4v) is 4.44. The summed E-state index contributed by atoms with van der Waals surface area (Å²) in [6.45, 7) is 1.59. The Morgan fingerprint density at radius 2 is 2.24 bits per heavy atom. The second-order valence-electron chi connectivity index (χ2n) is 5.83. The first-order valence-corrected chi connectivity index (χ1v) is 8.51. The van der Waals surface area contributed by atoms with Crippen LogP contribution in [0.5, 0.6) is 0 Å². The monoisotopic (exact) mass is 308 g/mol. The molecule has 0 bridgehead atoms. The van der Waals surface area contributed by atoms with Crippen LogP contribution < -0.4 is 5.32 Å². The quantitative estimate of drug-likeness (QED) is 0.684. The molecule has 1 spiro atoms. The summed E-state index contributed by atoms with van der Waals surface area (Å²) in [5, 5.41) is 14.2. The average Bonchev–Trinajstić information content (AvgIpc) is 2.93. The van der Waals surface area contributed by atoms with Crippen molar-refractivity contribution < 1.29 is 9.66 Å². The van der Waals surface area contributed by atoms with Crippen LogP contribution in [0.3, 0.4) is 0 Å². The van der Waals surface area contributed by atoms with Gasteiger partial charge in [-0.25, -0.2) is 0 Å². The van der Waals surface area contributed by atoms with E-state index in [1.54, 1.807) is 12.1 Å². The lowest BCUT2D eigenvalue weighted by molar-refractivity contribution is -0.384. The Balaban J connectivity index is 1.53. The highest BCUT2D eigenvalue weighted by Gasteiger charge is 2.40. The number of hydrogen-bond donors (Lipinski definition) is 1. The Labute approximate surface area is 128 Å². The Hall–Kier alpha value is -1.11. The largest absolute Gasteiger partial charge is 0.374 e. The number of hydrogen-bond acceptors (Lipinski definition) is 5. The molecule has 6 heteroatoms. The first-order valence-electron chi connectivity index (χ1n) is 7.35. The van der Waals surface area contributed by atoms with Crippen molar-refractivity contribution in [3.8, 4) is 0 Å². The molecule has 21 heavy (non-hydrogen) atoms. The highest BCUT2D eigenvalue weighted by molar-refractivity contribution is 7.99. The molecule has 0 aromatic heterocycles. The molecule has 0 amide bonds. The molecule has 2 saturated heterocycles. The first kappa shape index (κ1) is 14.8. The minimum absolute atomic E-state index is 0.0933. The van der Waals surface area contributed by atoms with Crippen molar-refractivity contribution in [3.05, 3.63) is 39.9 Å². The Morgan fingerprint density at radius 3 is 2.90 bits per heavy atom. The smallest absolute Gasteiger partial charge is 0.269 e. The number of nitro benzene ring substituents is 1. The predicted octanol–water partition coefficient (Wildman–Crippen LogP) is 2.74. The van der Waals surface area contributed by atoms with Crippen molar-refractivity contribution >= 4 is 17.4 Å². The van der Waals surface area contributed by atoms with Crippen molar-refractivity contribution in [3.63, 3.8) is 0 Å². The van der Waals surface area contributed by atoms with Crippen molar-refractivity contribution in [1.29, 1.82) is 0 Å². The van der Waals surface area contributed by atoms with Crippen molar-refractivity contribution in [2.24, 2.45) is 0 Å². The molecule has 2 atom stereocenters. The molecule has 0 saturated carbocycles. The van der Waals surface area contributed by atoms with E-state index in [0.29, 0.717) is 6.04 Å². The van der Waals surface area contributed by atoms with Gasteiger partial charge in [0.25, 0.3) is 5.69 Å². The first-order chi connectivity index (χ1) is 10.2. The zero-order valence-corrected chi connectivity index (χ0v) is 12.7. The summed E-state index contributed by atoms with van der Waals surface area (Å²) < 4.78 is 6.01. The second-order valence-corrected chi connectivity index (χ2v) is 6.93. The van der Waals surface area contributed by atoms with Gasteiger partial charge >= 0.3 is 0 Å². The number of nitrogens with zero attached hydrogens (tertiary/aromatic N) is 1. The van der Waals surface area contributed by atoms with Crippen LogP contribution in [0.15, 0.2) is 24.3 Å². The lowest BCUT2D eigenvalue weighted by Crippen LogP contribution is -2.47. The lowest BCUT2D eigenvalue weighted by atomic mass is 9.90. The van der Waals surface area contributed by atoms with Gasteiger partial charge in [-0.15, -0.1) is 0 Å². The fourth-order valence-electron chi connectivity index (χ4n) is 3.06. The van der Waals surface area contributed by atoms with E-state index in [2.05, 4.69) is 5.32 Å². The molecule has 114 valence electrons. The van der Waals surface area contributed by atoms with Crippen LogP contribution in [0.2, 0.25) is 0 Å². The van der Waals surface area contributed by atoms with Crippen LogP contribution in [0, 0.1) is 10.1 Å². The molecule has 1 aromatic rings. The molecule has 2 fully saturated rings. The van der Waals surface area contributed by atoms with Crippen molar-refractivity contribution in [2.75, 3.05) is 18.1 Å². The van der Waals surface area contributed by atoms with Gasteiger partial charge in [-0.05, 0) is 30.6 Å². The van der Waals surface area contributed by atoms with Crippen molar-refractivity contribution in [2.45, 2.75) is 37.5 Å². The molecular formula is C15H20N2O3S. The summed E-state index contributed by atoms with van der Waals surface area (Å²) in [6.07, 6.45) is 3.28. The second kappa shape index (κ2) is 6.34. The molecule has 2 aliphatic rings. The molecule has 1 N–H and O–H groups in total. The highest BCUT2D eigenvalue weighted by Crippen LogP contribution is 2.38. The Bertz CT molecular complexity index is 500. The topological polar surface area (TPSA) is 64.4 Å². The third kappa shape index (κ3) is 3.56. The van der Waals surface area contributed by atoms with Gasteiger partial charge in [-0.3, -0.25) is 10.1 Å². The van der Waals surface area contributed by atoms with Crippen molar-refractivity contribution in [1.82, 2.24) is 5.32 Å². The van der Waals surface area contributed by atoms with Crippen LogP contribution in [-0.4, -0.2) is 34.7 Å². The Kier molecular flexibility index (Phi) is 4.47. The summed E-state index contributed by atoms with van der Waals surface area (Å²) in [4.78, 5) is 10.3. The number of rotatable bonds is 4. The molecule has 5 nitrogen and oxygen atoms in total. The number of benzene rings is 1. The molecule has 0 aliphatic carbocycles. The molecular weight excluding hydrogens is 288 g/mol. The summed E-state index contributed by atoms with van der Waals surface area (Å²) in [5.41, 5.74) is 1.32. The maximum absolute atomic E-state index is 10.6. The zero-order valence-electron chi connectivity index (χ0n) is 11.9. The van der Waals surface area contributed by atoms with Crippen LogP contribution in [0.25, 0.3) is 0 Å². The third-order valence-electron chi connectivity index (χ3n) is 4.30. The maximum Gasteiger partial charge on any atom is 0.269 e. The highest BCUT2D eigenvalue weighted by atomic mass is 32.2. The molecule has 2 heterocycles. The fraction of sp³-hybridized carbons (Fsp3) is 0.600. The normalized spacial score (nSPS) is 28.9. The zero-order chi connectivity index (χ0) is 14.7. The summed E-state index contributed by atoms with van der Waals surface area (Å²) in [5.74, 6) is 2.32. The summed E-state index contributed by atoms with van der Waals surface area (Å²) in [6, 6.07) is 7.26. The van der Waals surface area contributed by atoms with E-state index in [1.807, 2.05) is 23.9 Å². The van der Waals surface area contributed by atoms with Gasteiger partial charge in [0.2, 0.25) is 0 Å². The number of thioether (sulfide) groups is 1. The van der Waals surface area contributed by atoms with Crippen LogP contribution in [0.1, 0.15) is 24.8 Å². The van der Waals surface area contributed by atoms with E-state index in [0.717, 1.165) is 43.7 Å². The summed E-state index contributed by atoms with van der Waals surface area (Å²) >= 11 is 1.98. The van der Waals surface area contributed by atoms with Gasteiger partial charge in [0.1, 0.15) is 0 Å². The lowest BCUT2D eigenvalue weighted by Gasteiger charge is -2.38. The van der Waals surface area contributed by atoms with E-state index >= 15 is 0 Å². The number of non-ortho nitro benzene ring substituents is 1. The van der Waals surface area contributed by atoms with Gasteiger partial charge in [0.15, 0.2) is 0 Å². The molecule has 0 radical (unpaired) electrons. The standard InChI is InChI=1S/C15H20N2O3S/c18-17(19)14-3-1-12(2-4-14)10-16-13-5-7-20-15(9-13)6-8-21-11-15/h1-4,13,16H,5-11H2. The van der Waals surface area contributed by atoms with E-state index < -0.39 is 0 Å².